The molecule has 2 aromatic rings. The predicted molar refractivity (Wildman–Crippen MR) is 71.1 cm³/mol. The Kier molecular flexibility index (Phi) is 4.66. The van der Waals surface area contributed by atoms with Crippen molar-refractivity contribution < 1.29 is 9.53 Å². The Morgan fingerprint density at radius 2 is 2.21 bits per heavy atom. The van der Waals surface area contributed by atoms with Crippen LogP contribution in [0.4, 0.5) is 0 Å². The van der Waals surface area contributed by atoms with Crippen molar-refractivity contribution in [2.24, 2.45) is 0 Å². The summed E-state index contributed by atoms with van der Waals surface area (Å²) in [6, 6.07) is 7.13. The summed E-state index contributed by atoms with van der Waals surface area (Å²) in [5.74, 6) is 0.570. The molecule has 0 radical (unpaired) electrons. The van der Waals surface area contributed by atoms with Gasteiger partial charge in [0.1, 0.15) is 18.1 Å². The summed E-state index contributed by atoms with van der Waals surface area (Å²) < 4.78 is 7.40. The van der Waals surface area contributed by atoms with Crippen LogP contribution in [0.2, 0.25) is 0 Å². The van der Waals surface area contributed by atoms with Gasteiger partial charge < -0.3 is 4.74 Å². The van der Waals surface area contributed by atoms with Gasteiger partial charge in [-0.15, -0.1) is 5.10 Å². The molecule has 0 aliphatic rings. The van der Waals surface area contributed by atoms with Crippen LogP contribution in [0, 0.1) is 0 Å². The summed E-state index contributed by atoms with van der Waals surface area (Å²) in [6.07, 6.45) is 4.86. The Morgan fingerprint density at radius 3 is 3.00 bits per heavy atom. The van der Waals surface area contributed by atoms with Crippen molar-refractivity contribution in [1.82, 2.24) is 15.0 Å². The van der Waals surface area contributed by atoms with E-state index in [4.69, 9.17) is 4.74 Å². The number of rotatable bonds is 7. The van der Waals surface area contributed by atoms with E-state index in [0.717, 1.165) is 31.4 Å². The van der Waals surface area contributed by atoms with E-state index >= 15 is 0 Å². The highest BCUT2D eigenvalue weighted by atomic mass is 16.5. The van der Waals surface area contributed by atoms with Crippen LogP contribution < -0.4 is 4.74 Å². The average molecular weight is 259 g/mol. The summed E-state index contributed by atoms with van der Waals surface area (Å²) in [7, 11) is 0. The maximum atomic E-state index is 10.8. The number of para-hydroxylation sites is 1. The Balaban J connectivity index is 1.94. The van der Waals surface area contributed by atoms with Crippen LogP contribution in [-0.2, 0) is 13.2 Å². The molecule has 100 valence electrons. The van der Waals surface area contributed by atoms with Gasteiger partial charge in [-0.1, -0.05) is 30.7 Å². The molecule has 0 N–H and O–H groups in total. The zero-order valence-corrected chi connectivity index (χ0v) is 11.0. The number of benzene rings is 1. The fraction of sp³-hybridized carbons (Fsp3) is 0.357. The molecule has 19 heavy (non-hydrogen) atoms. The van der Waals surface area contributed by atoms with Gasteiger partial charge in [0.2, 0.25) is 0 Å². The fourth-order valence-electron chi connectivity index (χ4n) is 1.70. The molecule has 0 saturated carbocycles. The molecule has 0 bridgehead atoms. The SMILES string of the molecule is CCCCn1cc(COc2ccccc2C=O)nn1. The van der Waals surface area contributed by atoms with Gasteiger partial charge in [0, 0.05) is 6.54 Å². The summed E-state index contributed by atoms with van der Waals surface area (Å²) in [6.45, 7) is 3.32. The number of ether oxygens (including phenoxy) is 1. The van der Waals surface area contributed by atoms with Crippen LogP contribution in [0.15, 0.2) is 30.5 Å². The van der Waals surface area contributed by atoms with E-state index < -0.39 is 0 Å². The van der Waals surface area contributed by atoms with Gasteiger partial charge in [-0.2, -0.15) is 0 Å². The van der Waals surface area contributed by atoms with Crippen LogP contribution in [-0.4, -0.2) is 21.3 Å². The largest absolute Gasteiger partial charge is 0.486 e. The third-order valence-electron chi connectivity index (χ3n) is 2.75. The van der Waals surface area contributed by atoms with Crippen LogP contribution in [0.25, 0.3) is 0 Å². The van der Waals surface area contributed by atoms with Gasteiger partial charge in [-0.3, -0.25) is 9.48 Å². The molecule has 0 aliphatic carbocycles. The molecule has 0 unspecified atom stereocenters. The van der Waals surface area contributed by atoms with Crippen molar-refractivity contribution in [2.45, 2.75) is 32.9 Å². The molecular formula is C14H17N3O2. The quantitative estimate of drug-likeness (QED) is 0.717. The summed E-state index contributed by atoms with van der Waals surface area (Å²) >= 11 is 0. The van der Waals surface area contributed by atoms with E-state index in [2.05, 4.69) is 17.2 Å². The van der Waals surface area contributed by atoms with Gasteiger partial charge in [-0.25, -0.2) is 0 Å². The van der Waals surface area contributed by atoms with Crippen LogP contribution in [0.5, 0.6) is 5.75 Å². The first kappa shape index (κ1) is 13.3. The molecule has 1 heterocycles. The average Bonchev–Trinajstić information content (AvgIpc) is 2.91. The lowest BCUT2D eigenvalue weighted by molar-refractivity contribution is 0.111. The molecule has 0 aliphatic heterocycles. The standard InChI is InChI=1S/C14H17N3O2/c1-2-3-8-17-9-13(15-16-17)11-19-14-7-5-4-6-12(14)10-18/h4-7,9-10H,2-3,8,11H2,1H3. The van der Waals surface area contributed by atoms with E-state index in [1.165, 1.54) is 0 Å². The van der Waals surface area contributed by atoms with Gasteiger partial charge in [0.25, 0.3) is 0 Å². The van der Waals surface area contributed by atoms with E-state index in [0.29, 0.717) is 17.9 Å². The van der Waals surface area contributed by atoms with Gasteiger partial charge in [0.15, 0.2) is 6.29 Å². The van der Waals surface area contributed by atoms with Crippen molar-refractivity contribution in [1.29, 1.82) is 0 Å². The fourth-order valence-corrected chi connectivity index (χ4v) is 1.70. The number of nitrogens with zero attached hydrogens (tertiary/aromatic N) is 3. The summed E-state index contributed by atoms with van der Waals surface area (Å²) in [5.41, 5.74) is 1.30. The molecule has 0 atom stereocenters. The van der Waals surface area contributed by atoms with Crippen LogP contribution in [0.3, 0.4) is 0 Å². The second kappa shape index (κ2) is 6.68. The predicted octanol–water partition coefficient (Wildman–Crippen LogP) is 2.47. The molecule has 0 spiro atoms. The van der Waals surface area contributed by atoms with E-state index in [1.807, 2.05) is 16.9 Å². The maximum Gasteiger partial charge on any atom is 0.153 e. The first-order valence-corrected chi connectivity index (χ1v) is 6.39. The maximum absolute atomic E-state index is 10.8. The first-order valence-electron chi connectivity index (χ1n) is 6.39. The van der Waals surface area contributed by atoms with Crippen LogP contribution >= 0.6 is 0 Å². The smallest absolute Gasteiger partial charge is 0.153 e. The van der Waals surface area contributed by atoms with Crippen molar-refractivity contribution in [3.63, 3.8) is 0 Å². The molecule has 0 saturated heterocycles. The lowest BCUT2D eigenvalue weighted by Gasteiger charge is -2.05. The minimum Gasteiger partial charge on any atom is -0.486 e. The highest BCUT2D eigenvalue weighted by molar-refractivity contribution is 5.79. The zero-order chi connectivity index (χ0) is 13.5. The molecule has 0 fully saturated rings. The minimum absolute atomic E-state index is 0.316. The minimum atomic E-state index is 0.316. The van der Waals surface area contributed by atoms with Gasteiger partial charge in [0.05, 0.1) is 11.8 Å². The lowest BCUT2D eigenvalue weighted by atomic mass is 10.2. The molecular weight excluding hydrogens is 242 g/mol. The zero-order valence-electron chi connectivity index (χ0n) is 11.0. The van der Waals surface area contributed by atoms with E-state index in [1.54, 1.807) is 18.2 Å². The van der Waals surface area contributed by atoms with Crippen molar-refractivity contribution >= 4 is 6.29 Å². The number of carbonyl (C=O) groups excluding carboxylic acids is 1. The summed E-state index contributed by atoms with van der Waals surface area (Å²) in [5, 5.41) is 8.06. The molecule has 2 rings (SSSR count). The third-order valence-corrected chi connectivity index (χ3v) is 2.75. The van der Waals surface area contributed by atoms with Crippen molar-refractivity contribution in [2.75, 3.05) is 0 Å². The first-order chi connectivity index (χ1) is 9.33. The number of hydrogen-bond acceptors (Lipinski definition) is 4. The molecule has 1 aromatic carbocycles. The Labute approximate surface area is 112 Å². The number of hydrogen-bond donors (Lipinski definition) is 0. The van der Waals surface area contributed by atoms with E-state index in [-0.39, 0.29) is 0 Å². The van der Waals surface area contributed by atoms with Gasteiger partial charge in [-0.05, 0) is 18.6 Å². The second-order valence-electron chi connectivity index (χ2n) is 4.27. The molecule has 5 heteroatoms. The lowest BCUT2D eigenvalue weighted by Crippen LogP contribution is -1.99. The van der Waals surface area contributed by atoms with Crippen LogP contribution in [0.1, 0.15) is 35.8 Å². The van der Waals surface area contributed by atoms with E-state index in [9.17, 15) is 4.79 Å². The number of aldehydes is 1. The second-order valence-corrected chi connectivity index (χ2v) is 4.27. The number of carbonyl (C=O) groups is 1. The molecule has 5 nitrogen and oxygen atoms in total. The highest BCUT2D eigenvalue weighted by Gasteiger charge is 2.04. The number of aryl methyl sites for hydroxylation is 1. The highest BCUT2D eigenvalue weighted by Crippen LogP contribution is 2.16. The topological polar surface area (TPSA) is 57.0 Å². The molecule has 1 aromatic heterocycles. The Hall–Kier alpha value is -2.17. The molecule has 0 amide bonds. The number of unbranched alkanes of at least 4 members (excludes halogenated alkanes) is 1. The van der Waals surface area contributed by atoms with Gasteiger partial charge >= 0.3 is 0 Å². The summed E-state index contributed by atoms with van der Waals surface area (Å²) in [4.78, 5) is 10.8. The third kappa shape index (κ3) is 3.64. The van der Waals surface area contributed by atoms with Crippen molar-refractivity contribution in [3.05, 3.63) is 41.7 Å². The monoisotopic (exact) mass is 259 g/mol. The normalized spacial score (nSPS) is 10.4. The number of aromatic nitrogens is 3. The van der Waals surface area contributed by atoms with Crippen molar-refractivity contribution in [3.8, 4) is 5.75 Å². The Bertz CT molecular complexity index is 537. The Morgan fingerprint density at radius 1 is 1.37 bits per heavy atom.